The third-order valence-corrected chi connectivity index (χ3v) is 12.2. The van der Waals surface area contributed by atoms with Gasteiger partial charge in [-0.2, -0.15) is 28.5 Å². The van der Waals surface area contributed by atoms with E-state index in [1.165, 1.54) is 0 Å². The fourth-order valence-electron chi connectivity index (χ4n) is 8.83. The van der Waals surface area contributed by atoms with Crippen molar-refractivity contribution in [1.29, 1.82) is 0 Å². The van der Waals surface area contributed by atoms with Crippen LogP contribution in [0.3, 0.4) is 0 Å². The Morgan fingerprint density at radius 3 is 1.15 bits per heavy atom. The molecule has 0 aliphatic carbocycles. The molecule has 0 amide bonds. The van der Waals surface area contributed by atoms with E-state index in [9.17, 15) is 26.3 Å². The molecule has 408 valence electrons. The number of H-pyrrole nitrogens is 6. The Balaban J connectivity index is 0.000000167. The number of halogens is 6. The van der Waals surface area contributed by atoms with E-state index in [1.54, 1.807) is 24.7 Å². The number of nitrogens with two attached hydrogens (primary N) is 3. The topological polar surface area (TPSA) is 286 Å². The normalized spacial score (nSPS) is 11.4. The molecule has 0 radical (unpaired) electrons. The number of hydrogen-bond donors (Lipinski definition) is 12. The van der Waals surface area contributed by atoms with Gasteiger partial charge in [0.05, 0.1) is 63.3 Å². The largest absolute Gasteiger partial charge is 0.401 e. The number of rotatable bonds is 14. The molecule has 3 aromatic carbocycles. The number of fused-ring (bicyclic) bond motifs is 9. The van der Waals surface area contributed by atoms with Gasteiger partial charge in [0.2, 0.25) is 0 Å². The van der Waals surface area contributed by atoms with Crippen LogP contribution in [0.4, 0.5) is 43.8 Å². The summed E-state index contributed by atoms with van der Waals surface area (Å²) in [5, 5.41) is 33.9. The molecule has 0 bridgehead atoms. The first kappa shape index (κ1) is 56.7. The average Bonchev–Trinajstić information content (AvgIpc) is 4.31. The van der Waals surface area contributed by atoms with Gasteiger partial charge in [0.15, 0.2) is 0 Å². The zero-order chi connectivity index (χ0) is 52.2. The lowest BCUT2D eigenvalue weighted by Gasteiger charge is -2.06. The van der Waals surface area contributed by atoms with Gasteiger partial charge in [0.1, 0.15) is 24.1 Å². The van der Waals surface area contributed by atoms with E-state index in [1.807, 2.05) is 84.9 Å². The van der Waals surface area contributed by atoms with Gasteiger partial charge in [-0.3, -0.25) is 15.3 Å². The van der Waals surface area contributed by atoms with Crippen molar-refractivity contribution in [3.63, 3.8) is 0 Å². The Morgan fingerprint density at radius 2 is 0.833 bits per heavy atom. The molecule has 0 spiro atoms. The van der Waals surface area contributed by atoms with Crippen molar-refractivity contribution in [3.05, 3.63) is 127 Å². The number of aromatic amines is 6. The molecular weight excluding hydrogens is 1010 g/mol. The number of benzene rings is 3. The highest BCUT2D eigenvalue weighted by molar-refractivity contribution is 6.11. The molecule has 18 nitrogen and oxygen atoms in total. The summed E-state index contributed by atoms with van der Waals surface area (Å²) in [5.74, 6) is 1.21. The Kier molecular flexibility index (Phi) is 17.7. The highest BCUT2D eigenvalue weighted by Crippen LogP contribution is 2.34. The molecule has 0 saturated carbocycles. The smallest absolute Gasteiger partial charge is 0.383 e. The molecule has 0 unspecified atom stereocenters. The van der Waals surface area contributed by atoms with Crippen LogP contribution in [0.25, 0.3) is 99.2 Å². The van der Waals surface area contributed by atoms with Gasteiger partial charge in [-0.15, -0.1) is 0 Å². The average molecular weight is 1080 g/mol. The Bertz CT molecular complexity index is 3880. The van der Waals surface area contributed by atoms with Gasteiger partial charge >= 0.3 is 6.18 Å². The molecule has 9 heterocycles. The second-order valence-electron chi connectivity index (χ2n) is 17.5. The molecule has 0 saturated heterocycles. The summed E-state index contributed by atoms with van der Waals surface area (Å²) >= 11 is 0. The third-order valence-electron chi connectivity index (χ3n) is 12.2. The van der Waals surface area contributed by atoms with Gasteiger partial charge in [-0.1, -0.05) is 58.7 Å². The molecule has 0 fully saturated rings. The fourth-order valence-corrected chi connectivity index (χ4v) is 8.83. The molecule has 12 rings (SSSR count). The minimum Gasteiger partial charge on any atom is -0.383 e. The minimum atomic E-state index is -4.25. The van der Waals surface area contributed by atoms with E-state index in [-0.39, 0.29) is 42.0 Å². The van der Waals surface area contributed by atoms with Crippen LogP contribution >= 0.6 is 0 Å². The first-order chi connectivity index (χ1) is 36.3. The van der Waals surface area contributed by atoms with Gasteiger partial charge in [0, 0.05) is 111 Å². The molecule has 0 aliphatic rings. The van der Waals surface area contributed by atoms with Crippen LogP contribution in [0.1, 0.15) is 39.4 Å². The lowest BCUT2D eigenvalue weighted by atomic mass is 10.1. The van der Waals surface area contributed by atoms with Crippen molar-refractivity contribution in [2.75, 3.05) is 43.5 Å². The molecule has 12 aromatic rings. The van der Waals surface area contributed by atoms with Gasteiger partial charge in [-0.05, 0) is 54.6 Å². The standard InChI is InChI=1S/C17H15F3N6.C17H16F2N6.C17H17FN6.3CH4/c18-17(19,20)8-22-7-10-6-12-15(24-10)11-2-1-9(13-3-4-23-26-13)5-14(11)25-16(12)21;18-15(19)8-21-7-10-6-12-16(23-10)11-2-1-9(13-3-4-22-25-13)5-14(11)24-17(12)20;18-4-6-20-9-11-8-13-16(22-11)12-2-1-10(14-3-5-21-24-14)7-15(12)23-17(13)19;;;/h1-6,22,24H,7-8H2,(H2,21,25)(H,23,26);1-6,15,21,23H,7-8H2,(H2,20,24)(H,22,25);1-3,5,7-8,20,22H,4,6,9H2,(H2,19,23)(H,21,24);3*1H4. The quantitative estimate of drug-likeness (QED) is 0.0358. The van der Waals surface area contributed by atoms with Crippen molar-refractivity contribution in [2.24, 2.45) is 0 Å². The van der Waals surface area contributed by atoms with Crippen LogP contribution in [-0.2, 0) is 19.6 Å². The van der Waals surface area contributed by atoms with Crippen molar-refractivity contribution in [2.45, 2.75) is 54.5 Å². The maximum atomic E-state index is 12.3. The number of nitrogens with zero attached hydrogens (tertiary/aromatic N) is 6. The lowest BCUT2D eigenvalue weighted by Crippen LogP contribution is -2.28. The van der Waals surface area contributed by atoms with Crippen LogP contribution in [0, 0.1) is 0 Å². The summed E-state index contributed by atoms with van der Waals surface area (Å²) in [6.45, 7) is -0.526. The predicted octanol–water partition coefficient (Wildman–Crippen LogP) is 11.0. The molecule has 24 heteroatoms. The SMILES string of the molecule is C.C.C.Nc1nc2cc(-c3ccn[nH]3)ccc2c2[nH]c(CNCC(F)(F)F)cc12.Nc1nc2cc(-c3ccn[nH]3)ccc2c2[nH]c(CNCC(F)F)cc12.Nc1nc2cc(-c3ccn[nH]3)ccc2c2[nH]c(CNCCF)cc12. The third kappa shape index (κ3) is 12.5. The van der Waals surface area contributed by atoms with E-state index in [2.05, 4.69) is 76.4 Å². The van der Waals surface area contributed by atoms with Gasteiger partial charge < -0.3 is 48.1 Å². The number of nitrogens with one attached hydrogen (secondary N) is 9. The van der Waals surface area contributed by atoms with Crippen LogP contribution < -0.4 is 33.2 Å². The maximum absolute atomic E-state index is 12.3. The number of aromatic nitrogens is 12. The summed E-state index contributed by atoms with van der Waals surface area (Å²) in [5.41, 5.74) is 31.0. The minimum absolute atomic E-state index is 0. The van der Waals surface area contributed by atoms with Gasteiger partial charge in [-0.25, -0.2) is 28.1 Å². The van der Waals surface area contributed by atoms with Crippen molar-refractivity contribution in [1.82, 2.24) is 76.4 Å². The lowest BCUT2D eigenvalue weighted by molar-refractivity contribution is -0.125. The molecule has 9 aromatic heterocycles. The van der Waals surface area contributed by atoms with Crippen molar-refractivity contribution >= 4 is 82.9 Å². The second-order valence-corrected chi connectivity index (χ2v) is 17.5. The Labute approximate surface area is 442 Å². The van der Waals surface area contributed by atoms with Gasteiger partial charge in [0.25, 0.3) is 6.43 Å². The van der Waals surface area contributed by atoms with Crippen LogP contribution in [-0.4, -0.2) is 99.4 Å². The number of nitrogen functional groups attached to an aromatic ring is 3. The van der Waals surface area contributed by atoms with E-state index in [0.29, 0.717) is 53.7 Å². The highest BCUT2D eigenvalue weighted by atomic mass is 19.4. The molecule has 15 N–H and O–H groups in total. The van der Waals surface area contributed by atoms with E-state index < -0.39 is 19.1 Å². The number of pyridine rings is 3. The van der Waals surface area contributed by atoms with Crippen molar-refractivity contribution < 1.29 is 26.3 Å². The summed E-state index contributed by atoms with van der Waals surface area (Å²) in [6, 6.07) is 28.8. The first-order valence-electron chi connectivity index (χ1n) is 23.4. The van der Waals surface area contributed by atoms with Crippen LogP contribution in [0.2, 0.25) is 0 Å². The second kappa shape index (κ2) is 24.3. The zero-order valence-corrected chi connectivity index (χ0v) is 39.6. The zero-order valence-electron chi connectivity index (χ0n) is 39.6. The van der Waals surface area contributed by atoms with E-state index in [4.69, 9.17) is 17.2 Å². The molecule has 0 atom stereocenters. The summed E-state index contributed by atoms with van der Waals surface area (Å²) < 4.78 is 73.6. The first-order valence-corrected chi connectivity index (χ1v) is 23.4. The van der Waals surface area contributed by atoms with Crippen LogP contribution in [0.15, 0.2) is 110 Å². The number of anilines is 3. The summed E-state index contributed by atoms with van der Waals surface area (Å²) in [4.78, 5) is 23.2. The van der Waals surface area contributed by atoms with Crippen molar-refractivity contribution in [3.8, 4) is 33.8 Å². The number of alkyl halides is 6. The fraction of sp³-hybridized carbons (Fsp3) is 0.222. The summed E-state index contributed by atoms with van der Waals surface area (Å²) in [6.07, 6.45) is -1.56. The monoisotopic (exact) mass is 1070 g/mol. The maximum Gasteiger partial charge on any atom is 0.401 e. The molecular formula is C54H60F6N18. The predicted molar refractivity (Wildman–Crippen MR) is 300 cm³/mol. The highest BCUT2D eigenvalue weighted by Gasteiger charge is 2.26. The van der Waals surface area contributed by atoms with Crippen LogP contribution in [0.5, 0.6) is 0 Å². The Hall–Kier alpha value is -9.00. The molecule has 78 heavy (non-hydrogen) atoms. The van der Waals surface area contributed by atoms with E-state index in [0.717, 1.165) is 99.7 Å². The Morgan fingerprint density at radius 1 is 0.474 bits per heavy atom. The van der Waals surface area contributed by atoms with E-state index >= 15 is 0 Å². The molecule has 0 aliphatic heterocycles. The number of hydrogen-bond acceptors (Lipinski definition) is 12. The summed E-state index contributed by atoms with van der Waals surface area (Å²) in [7, 11) is 0.